The van der Waals surface area contributed by atoms with Gasteiger partial charge in [0, 0.05) is 44.5 Å². The second kappa shape index (κ2) is 5.45. The Bertz CT molecular complexity index is 447. The summed E-state index contributed by atoms with van der Waals surface area (Å²) in [5.74, 6) is 0.908. The zero-order chi connectivity index (χ0) is 14.2. The number of hydrogen-bond donors (Lipinski definition) is 1. The van der Waals surface area contributed by atoms with E-state index in [-0.39, 0.29) is 5.54 Å². The lowest BCUT2D eigenvalue weighted by atomic mass is 9.86. The molecule has 1 saturated heterocycles. The Morgan fingerprint density at radius 2 is 2.10 bits per heavy atom. The number of hydrogen-bond acceptors (Lipinski definition) is 4. The van der Waals surface area contributed by atoms with Crippen molar-refractivity contribution in [1.82, 2.24) is 25.2 Å². The maximum absolute atomic E-state index is 4.28. The third-order valence-electron chi connectivity index (χ3n) is 5.29. The van der Waals surface area contributed by atoms with Crippen molar-refractivity contribution in [2.24, 2.45) is 13.0 Å². The highest BCUT2D eigenvalue weighted by molar-refractivity contribution is 5.04. The van der Waals surface area contributed by atoms with Crippen LogP contribution in [0.25, 0.3) is 0 Å². The highest BCUT2D eigenvalue weighted by atomic mass is 15.4. The predicted molar refractivity (Wildman–Crippen MR) is 79.2 cm³/mol. The minimum Gasteiger partial charge on any atom is -0.311 e. The summed E-state index contributed by atoms with van der Waals surface area (Å²) in [6, 6.07) is 0.679. The van der Waals surface area contributed by atoms with E-state index in [0.717, 1.165) is 31.2 Å². The van der Waals surface area contributed by atoms with Crippen molar-refractivity contribution in [3.8, 4) is 0 Å². The summed E-state index contributed by atoms with van der Waals surface area (Å²) >= 11 is 0. The molecule has 1 unspecified atom stereocenters. The quantitative estimate of drug-likeness (QED) is 0.887. The van der Waals surface area contributed by atoms with Gasteiger partial charge in [0.15, 0.2) is 0 Å². The van der Waals surface area contributed by atoms with Crippen molar-refractivity contribution in [2.75, 3.05) is 13.1 Å². The lowest BCUT2D eigenvalue weighted by molar-refractivity contribution is 0.0193. The van der Waals surface area contributed by atoms with Crippen molar-refractivity contribution in [3.63, 3.8) is 0 Å². The first kappa shape index (κ1) is 14.0. The van der Waals surface area contributed by atoms with Gasteiger partial charge in [-0.1, -0.05) is 19.1 Å². The molecule has 0 bridgehead atoms. The molecule has 1 aromatic heterocycles. The van der Waals surface area contributed by atoms with E-state index in [1.807, 2.05) is 13.2 Å². The van der Waals surface area contributed by atoms with E-state index in [1.54, 1.807) is 4.68 Å². The number of aryl methyl sites for hydroxylation is 1. The van der Waals surface area contributed by atoms with Crippen LogP contribution in [0.15, 0.2) is 6.20 Å². The Balaban J connectivity index is 1.76. The van der Waals surface area contributed by atoms with Crippen LogP contribution in [-0.2, 0) is 13.6 Å². The number of aromatic nitrogens is 3. The molecule has 1 atom stereocenters. The van der Waals surface area contributed by atoms with Crippen molar-refractivity contribution < 1.29 is 0 Å². The van der Waals surface area contributed by atoms with E-state index in [4.69, 9.17) is 0 Å². The van der Waals surface area contributed by atoms with Gasteiger partial charge < -0.3 is 5.32 Å². The second-order valence-electron chi connectivity index (χ2n) is 6.52. The van der Waals surface area contributed by atoms with Crippen LogP contribution in [0, 0.1) is 5.92 Å². The zero-order valence-corrected chi connectivity index (χ0v) is 13.0. The van der Waals surface area contributed by atoms with E-state index in [9.17, 15) is 0 Å². The molecule has 0 spiro atoms. The lowest BCUT2D eigenvalue weighted by Crippen LogP contribution is -2.64. The van der Waals surface area contributed by atoms with Crippen LogP contribution in [0.2, 0.25) is 0 Å². The van der Waals surface area contributed by atoms with Crippen LogP contribution < -0.4 is 5.32 Å². The van der Waals surface area contributed by atoms with E-state index < -0.39 is 0 Å². The third-order valence-corrected chi connectivity index (χ3v) is 5.29. The molecule has 1 aromatic rings. The summed E-state index contributed by atoms with van der Waals surface area (Å²) in [6.07, 6.45) is 7.23. The molecular weight excluding hydrogens is 250 g/mol. The zero-order valence-electron chi connectivity index (χ0n) is 13.0. The molecule has 1 aliphatic carbocycles. The lowest BCUT2D eigenvalue weighted by Gasteiger charge is -2.49. The average Bonchev–Trinajstić information content (AvgIpc) is 3.23. The molecule has 5 heteroatoms. The van der Waals surface area contributed by atoms with Crippen LogP contribution in [0.1, 0.15) is 45.2 Å². The molecule has 0 aromatic carbocycles. The van der Waals surface area contributed by atoms with Gasteiger partial charge >= 0.3 is 0 Å². The van der Waals surface area contributed by atoms with Crippen LogP contribution >= 0.6 is 0 Å². The van der Waals surface area contributed by atoms with E-state index in [1.165, 1.54) is 25.7 Å². The Morgan fingerprint density at radius 1 is 1.35 bits per heavy atom. The molecule has 112 valence electrons. The fourth-order valence-corrected chi connectivity index (χ4v) is 3.59. The molecule has 0 radical (unpaired) electrons. The standard InChI is InChI=1S/C15H27N5/c1-4-15(5-2)11-16-14(12-6-7-12)10-20(15)9-13-8-19(3)18-17-13/h8,12,14,16H,4-7,9-11H2,1-3H3. The van der Waals surface area contributed by atoms with Crippen LogP contribution in [0.5, 0.6) is 0 Å². The van der Waals surface area contributed by atoms with E-state index in [0.29, 0.717) is 6.04 Å². The number of piperazine rings is 1. The first-order valence-electron chi connectivity index (χ1n) is 8.00. The molecule has 2 aliphatic rings. The van der Waals surface area contributed by atoms with E-state index >= 15 is 0 Å². The Labute approximate surface area is 121 Å². The molecular formula is C15H27N5. The number of nitrogens with one attached hydrogen (secondary N) is 1. The van der Waals surface area contributed by atoms with Crippen LogP contribution in [0.4, 0.5) is 0 Å². The maximum Gasteiger partial charge on any atom is 0.0967 e. The van der Waals surface area contributed by atoms with E-state index in [2.05, 4.69) is 34.4 Å². The summed E-state index contributed by atoms with van der Waals surface area (Å²) < 4.78 is 1.80. The van der Waals surface area contributed by atoms with Gasteiger partial charge in [-0.3, -0.25) is 9.58 Å². The number of nitrogens with zero attached hydrogens (tertiary/aromatic N) is 4. The topological polar surface area (TPSA) is 46.0 Å². The molecule has 3 rings (SSSR count). The van der Waals surface area contributed by atoms with Gasteiger partial charge in [-0.15, -0.1) is 5.10 Å². The van der Waals surface area contributed by atoms with Gasteiger partial charge in [-0.25, -0.2) is 0 Å². The molecule has 1 aliphatic heterocycles. The van der Waals surface area contributed by atoms with Gasteiger partial charge in [-0.2, -0.15) is 0 Å². The second-order valence-corrected chi connectivity index (χ2v) is 6.52. The van der Waals surface area contributed by atoms with Gasteiger partial charge in [0.1, 0.15) is 0 Å². The summed E-state index contributed by atoms with van der Waals surface area (Å²) in [5, 5.41) is 12.2. The van der Waals surface area contributed by atoms with Gasteiger partial charge in [0.25, 0.3) is 0 Å². The highest BCUT2D eigenvalue weighted by Gasteiger charge is 2.43. The third kappa shape index (κ3) is 2.61. The molecule has 1 N–H and O–H groups in total. The average molecular weight is 277 g/mol. The molecule has 2 heterocycles. The van der Waals surface area contributed by atoms with Crippen LogP contribution in [0.3, 0.4) is 0 Å². The van der Waals surface area contributed by atoms with Crippen molar-refractivity contribution in [1.29, 1.82) is 0 Å². The smallest absolute Gasteiger partial charge is 0.0967 e. The highest BCUT2D eigenvalue weighted by Crippen LogP contribution is 2.37. The predicted octanol–water partition coefficient (Wildman–Crippen LogP) is 1.56. The Morgan fingerprint density at radius 3 is 2.65 bits per heavy atom. The van der Waals surface area contributed by atoms with Crippen molar-refractivity contribution >= 4 is 0 Å². The minimum atomic E-state index is 0.281. The summed E-state index contributed by atoms with van der Waals surface area (Å²) in [5.41, 5.74) is 1.37. The summed E-state index contributed by atoms with van der Waals surface area (Å²) in [6.45, 7) is 7.82. The Hall–Kier alpha value is -0.940. The summed E-state index contributed by atoms with van der Waals surface area (Å²) in [4.78, 5) is 2.66. The van der Waals surface area contributed by atoms with Gasteiger partial charge in [0.2, 0.25) is 0 Å². The fraction of sp³-hybridized carbons (Fsp3) is 0.867. The molecule has 5 nitrogen and oxygen atoms in total. The molecule has 0 amide bonds. The first-order chi connectivity index (χ1) is 9.66. The van der Waals surface area contributed by atoms with Crippen LogP contribution in [-0.4, -0.2) is 44.6 Å². The molecule has 20 heavy (non-hydrogen) atoms. The molecule has 2 fully saturated rings. The largest absolute Gasteiger partial charge is 0.311 e. The monoisotopic (exact) mass is 277 g/mol. The van der Waals surface area contributed by atoms with Crippen molar-refractivity contribution in [2.45, 2.75) is 57.7 Å². The number of rotatable bonds is 5. The fourth-order valence-electron chi connectivity index (χ4n) is 3.59. The van der Waals surface area contributed by atoms with Gasteiger partial charge in [-0.05, 0) is 31.6 Å². The SMILES string of the molecule is CCC1(CC)CNC(C2CC2)CN1Cc1cn(C)nn1. The van der Waals surface area contributed by atoms with Crippen molar-refractivity contribution in [3.05, 3.63) is 11.9 Å². The normalized spacial score (nSPS) is 26.9. The Kier molecular flexibility index (Phi) is 3.82. The van der Waals surface area contributed by atoms with Gasteiger partial charge in [0.05, 0.1) is 5.69 Å². The minimum absolute atomic E-state index is 0.281. The molecule has 1 saturated carbocycles. The summed E-state index contributed by atoms with van der Waals surface area (Å²) in [7, 11) is 1.94. The maximum atomic E-state index is 4.28. The first-order valence-corrected chi connectivity index (χ1v) is 8.00.